The monoisotopic (exact) mass is 616 g/mol. The highest BCUT2D eigenvalue weighted by Gasteiger charge is 2.45. The Bertz CT molecular complexity index is 1760. The van der Waals surface area contributed by atoms with E-state index in [0.717, 1.165) is 71.6 Å². The summed E-state index contributed by atoms with van der Waals surface area (Å²) in [5.74, 6) is -0.457. The van der Waals surface area contributed by atoms with Crippen molar-refractivity contribution in [3.8, 4) is 23.0 Å². The van der Waals surface area contributed by atoms with E-state index in [-0.39, 0.29) is 34.2 Å². The third-order valence-corrected chi connectivity index (χ3v) is 10.0. The highest BCUT2D eigenvalue weighted by molar-refractivity contribution is 6.01. The zero-order valence-electron chi connectivity index (χ0n) is 25.5. The van der Waals surface area contributed by atoms with E-state index in [1.54, 1.807) is 18.3 Å². The van der Waals surface area contributed by atoms with Crippen molar-refractivity contribution in [3.63, 3.8) is 0 Å². The summed E-state index contributed by atoms with van der Waals surface area (Å²) in [6.45, 7) is 8.07. The number of aromatic nitrogens is 3. The summed E-state index contributed by atoms with van der Waals surface area (Å²) in [4.78, 5) is 18.7. The number of hydrogen-bond donors (Lipinski definition) is 2. The lowest BCUT2D eigenvalue weighted by molar-refractivity contribution is 0.0231. The molecule has 2 aromatic carbocycles. The predicted octanol–water partition coefficient (Wildman–Crippen LogP) is 4.82. The van der Waals surface area contributed by atoms with Gasteiger partial charge in [0.05, 0.1) is 25.2 Å². The molecule has 3 aliphatic heterocycles. The number of halogens is 2. The number of pyridine rings is 1. The van der Waals surface area contributed by atoms with E-state index in [4.69, 9.17) is 14.5 Å². The molecule has 0 spiro atoms. The van der Waals surface area contributed by atoms with Gasteiger partial charge in [-0.3, -0.25) is 9.88 Å². The average molecular weight is 617 g/mol. The number of nitrogens with zero attached hydrogens (tertiary/aromatic N) is 5. The number of anilines is 1. The Labute approximate surface area is 260 Å². The normalized spacial score (nSPS) is 22.8. The Balaban J connectivity index is 1.22. The van der Waals surface area contributed by atoms with Crippen molar-refractivity contribution in [1.82, 2.24) is 25.2 Å². The molecule has 236 valence electrons. The largest absolute Gasteiger partial charge is 0.508 e. The molecule has 11 heteroatoms. The number of hydrogen-bond acceptors (Lipinski definition) is 9. The van der Waals surface area contributed by atoms with E-state index in [1.165, 1.54) is 12.1 Å². The van der Waals surface area contributed by atoms with Gasteiger partial charge in [0.1, 0.15) is 28.6 Å². The summed E-state index contributed by atoms with van der Waals surface area (Å²) in [5, 5.41) is 15.9. The fraction of sp³-hybridized carbons (Fsp3) is 0.500. The predicted molar refractivity (Wildman–Crippen MR) is 168 cm³/mol. The number of ether oxygens (including phenoxy) is 2. The summed E-state index contributed by atoms with van der Waals surface area (Å²) in [7, 11) is 0. The number of fused-ring (bicyclic) bond motifs is 4. The number of morpholine rings is 1. The second-order valence-electron chi connectivity index (χ2n) is 13.2. The minimum atomic E-state index is -0.647. The van der Waals surface area contributed by atoms with Gasteiger partial charge in [-0.15, -0.1) is 0 Å². The number of rotatable bonds is 8. The van der Waals surface area contributed by atoms with E-state index < -0.39 is 5.82 Å². The van der Waals surface area contributed by atoms with Gasteiger partial charge in [0.2, 0.25) is 0 Å². The van der Waals surface area contributed by atoms with Crippen molar-refractivity contribution in [3.05, 3.63) is 47.7 Å². The number of phenolic OH excluding ortho intramolecular Hbond substituents is 1. The number of piperazine rings is 1. The zero-order valence-corrected chi connectivity index (χ0v) is 25.5. The van der Waals surface area contributed by atoms with Gasteiger partial charge in [0.15, 0.2) is 5.82 Å². The molecule has 4 aliphatic rings. The summed E-state index contributed by atoms with van der Waals surface area (Å²) >= 11 is 0. The van der Waals surface area contributed by atoms with Crippen LogP contribution < -0.4 is 15.0 Å². The van der Waals surface area contributed by atoms with E-state index in [0.29, 0.717) is 58.2 Å². The van der Waals surface area contributed by atoms with Crippen molar-refractivity contribution in [2.45, 2.75) is 51.1 Å². The van der Waals surface area contributed by atoms with Crippen LogP contribution >= 0.6 is 0 Å². The van der Waals surface area contributed by atoms with E-state index in [9.17, 15) is 9.50 Å². The average Bonchev–Trinajstić information content (AvgIpc) is 3.73. The van der Waals surface area contributed by atoms with Crippen LogP contribution in [0, 0.1) is 17.0 Å². The maximum Gasteiger partial charge on any atom is 0.319 e. The van der Waals surface area contributed by atoms with Crippen LogP contribution in [0.3, 0.4) is 0 Å². The molecule has 2 bridgehead atoms. The van der Waals surface area contributed by atoms with E-state index in [2.05, 4.69) is 25.1 Å². The molecule has 2 aromatic heterocycles. The molecule has 9 nitrogen and oxygen atoms in total. The first-order chi connectivity index (χ1) is 21.9. The van der Waals surface area contributed by atoms with Gasteiger partial charge < -0.3 is 24.8 Å². The van der Waals surface area contributed by atoms with Gasteiger partial charge >= 0.3 is 6.01 Å². The molecule has 4 fully saturated rings. The highest BCUT2D eigenvalue weighted by atomic mass is 19.1. The van der Waals surface area contributed by atoms with Gasteiger partial charge in [-0.2, -0.15) is 9.97 Å². The number of aromatic hydroxyl groups is 1. The lowest BCUT2D eigenvalue weighted by Crippen LogP contribution is -2.51. The summed E-state index contributed by atoms with van der Waals surface area (Å²) in [5.41, 5.74) is 0.918. The molecular weight excluding hydrogens is 578 g/mol. The van der Waals surface area contributed by atoms with Crippen LogP contribution in [-0.4, -0.2) is 89.6 Å². The third kappa shape index (κ3) is 5.34. The number of benzene rings is 2. The molecular formula is C34H38F2N6O3. The van der Waals surface area contributed by atoms with Crippen molar-refractivity contribution in [1.29, 1.82) is 0 Å². The van der Waals surface area contributed by atoms with Crippen molar-refractivity contribution in [2.75, 3.05) is 57.4 Å². The first-order valence-corrected chi connectivity index (χ1v) is 16.1. The van der Waals surface area contributed by atoms with Gasteiger partial charge in [-0.05, 0) is 66.6 Å². The second kappa shape index (κ2) is 11.3. The first kappa shape index (κ1) is 28.8. The number of nitrogens with one attached hydrogen (secondary N) is 1. The molecule has 2 N–H and O–H groups in total. The highest BCUT2D eigenvalue weighted by Crippen LogP contribution is 2.47. The molecule has 2 atom stereocenters. The molecule has 4 aromatic rings. The summed E-state index contributed by atoms with van der Waals surface area (Å²) in [6, 6.07) is 6.83. The molecule has 5 heterocycles. The minimum absolute atomic E-state index is 0.00524. The van der Waals surface area contributed by atoms with Crippen LogP contribution in [0.25, 0.3) is 32.9 Å². The third-order valence-electron chi connectivity index (χ3n) is 10.0. The quantitative estimate of drug-likeness (QED) is 0.289. The summed E-state index contributed by atoms with van der Waals surface area (Å²) in [6.07, 6.45) is 6.32. The molecule has 3 saturated heterocycles. The van der Waals surface area contributed by atoms with Crippen LogP contribution in [0.15, 0.2) is 30.5 Å². The SMILES string of the molecule is CCc1c(F)ccc2cc(O)cc(-c3ncc4c(N5CC6CC[C@H](C5)N6)nc(OCC5(CN6CCOCC6)CC5)nc4c3F)c12. The van der Waals surface area contributed by atoms with Crippen LogP contribution in [0.5, 0.6) is 11.8 Å². The maximum absolute atomic E-state index is 16.8. The summed E-state index contributed by atoms with van der Waals surface area (Å²) < 4.78 is 43.6. The standard InChI is InChI=1S/C34H38F2N6O3/c1-2-24-27(35)6-3-20-13-23(43)14-25(28(20)24)30-29(36)31-26(15-37-30)32(42-16-21-4-5-22(17-42)38-21)40-33(39-31)45-19-34(7-8-34)18-41-9-11-44-12-10-41/h3,6,13-15,21-22,38,43H,2,4-5,7-12,16-19H2,1H3/t21-,22?/m1/s1. The van der Waals surface area contributed by atoms with Crippen LogP contribution in [0.1, 0.15) is 38.2 Å². The molecule has 0 amide bonds. The van der Waals surface area contributed by atoms with Crippen LogP contribution in [0.4, 0.5) is 14.6 Å². The molecule has 45 heavy (non-hydrogen) atoms. The van der Waals surface area contributed by atoms with Gasteiger partial charge in [-0.25, -0.2) is 8.78 Å². The maximum atomic E-state index is 16.8. The molecule has 1 unspecified atom stereocenters. The molecule has 0 radical (unpaired) electrons. The van der Waals surface area contributed by atoms with Crippen LogP contribution in [-0.2, 0) is 11.2 Å². The fourth-order valence-electron chi connectivity index (χ4n) is 7.49. The van der Waals surface area contributed by atoms with Gasteiger partial charge in [0, 0.05) is 62.0 Å². The Morgan fingerprint density at radius 1 is 1.09 bits per heavy atom. The Hall–Kier alpha value is -3.67. The van der Waals surface area contributed by atoms with Gasteiger partial charge in [0.25, 0.3) is 0 Å². The second-order valence-corrected chi connectivity index (χ2v) is 13.2. The van der Waals surface area contributed by atoms with Gasteiger partial charge in [-0.1, -0.05) is 13.0 Å². The lowest BCUT2D eigenvalue weighted by Gasteiger charge is -2.34. The smallest absolute Gasteiger partial charge is 0.319 e. The van der Waals surface area contributed by atoms with Crippen molar-refractivity contribution < 1.29 is 23.4 Å². The zero-order chi connectivity index (χ0) is 30.7. The van der Waals surface area contributed by atoms with Crippen molar-refractivity contribution >= 4 is 27.5 Å². The minimum Gasteiger partial charge on any atom is -0.508 e. The number of aryl methyl sites for hydroxylation is 1. The number of phenols is 1. The Morgan fingerprint density at radius 2 is 1.87 bits per heavy atom. The lowest BCUT2D eigenvalue weighted by atomic mass is 9.94. The first-order valence-electron chi connectivity index (χ1n) is 16.1. The van der Waals surface area contributed by atoms with E-state index in [1.807, 2.05) is 6.92 Å². The van der Waals surface area contributed by atoms with E-state index >= 15 is 4.39 Å². The Kier molecular flexibility index (Phi) is 7.22. The molecule has 1 saturated carbocycles. The topological polar surface area (TPSA) is 95.9 Å². The van der Waals surface area contributed by atoms with Crippen LogP contribution in [0.2, 0.25) is 0 Å². The van der Waals surface area contributed by atoms with Crippen molar-refractivity contribution in [2.24, 2.45) is 5.41 Å². The Morgan fingerprint density at radius 3 is 2.60 bits per heavy atom. The molecule has 1 aliphatic carbocycles. The molecule has 8 rings (SSSR count). The fourth-order valence-corrected chi connectivity index (χ4v) is 7.49.